The predicted molar refractivity (Wildman–Crippen MR) is 81.6 cm³/mol. The maximum atomic E-state index is 13.0. The van der Waals surface area contributed by atoms with Crippen LogP contribution in [0.5, 0.6) is 0 Å². The summed E-state index contributed by atoms with van der Waals surface area (Å²) in [6.45, 7) is 1.98. The van der Waals surface area contributed by atoms with Gasteiger partial charge in [0.05, 0.1) is 6.10 Å². The van der Waals surface area contributed by atoms with Gasteiger partial charge < -0.3 is 5.11 Å². The topological polar surface area (TPSA) is 20.2 Å². The zero-order chi connectivity index (χ0) is 14.0. The normalized spacial score (nSPS) is 12.5. The lowest BCUT2D eigenvalue weighted by atomic mass is 10.00. The van der Waals surface area contributed by atoms with Crippen LogP contribution < -0.4 is 0 Å². The molecule has 0 aromatic heterocycles. The molecule has 0 aliphatic heterocycles. The molecular formula is C15H13Br2FO. The molecule has 1 nitrogen and oxygen atoms in total. The van der Waals surface area contributed by atoms with Gasteiger partial charge in [0, 0.05) is 15.4 Å². The summed E-state index contributed by atoms with van der Waals surface area (Å²) in [5.41, 5.74) is 2.81. The minimum atomic E-state index is -0.629. The molecule has 2 aromatic rings. The molecule has 1 atom stereocenters. The minimum Gasteiger partial charge on any atom is -0.388 e. The first-order chi connectivity index (χ1) is 8.97. The Kier molecular flexibility index (Phi) is 4.76. The zero-order valence-corrected chi connectivity index (χ0v) is 13.5. The van der Waals surface area contributed by atoms with Gasteiger partial charge in [0.15, 0.2) is 0 Å². The van der Waals surface area contributed by atoms with E-state index in [1.807, 2.05) is 25.1 Å². The van der Waals surface area contributed by atoms with Gasteiger partial charge in [-0.25, -0.2) is 4.39 Å². The molecule has 0 bridgehead atoms. The number of halogens is 3. The number of aliphatic hydroxyl groups is 1. The second-order valence-corrected chi connectivity index (χ2v) is 6.19. The Balaban J connectivity index is 2.25. The molecule has 0 fully saturated rings. The first-order valence-corrected chi connectivity index (χ1v) is 7.44. The second kappa shape index (κ2) is 6.16. The van der Waals surface area contributed by atoms with Crippen LogP contribution in [-0.4, -0.2) is 5.11 Å². The van der Waals surface area contributed by atoms with Crippen molar-refractivity contribution in [1.29, 1.82) is 0 Å². The molecule has 19 heavy (non-hydrogen) atoms. The number of benzene rings is 2. The summed E-state index contributed by atoms with van der Waals surface area (Å²) in [5.74, 6) is -0.290. The smallest absolute Gasteiger partial charge is 0.124 e. The highest BCUT2D eigenvalue weighted by molar-refractivity contribution is 9.10. The van der Waals surface area contributed by atoms with Gasteiger partial charge in [0.1, 0.15) is 5.82 Å². The van der Waals surface area contributed by atoms with Crippen LogP contribution in [0.25, 0.3) is 0 Å². The maximum absolute atomic E-state index is 13.0. The summed E-state index contributed by atoms with van der Waals surface area (Å²) in [7, 11) is 0. The minimum absolute atomic E-state index is 0.290. The predicted octanol–water partition coefficient (Wildman–Crippen LogP) is 4.94. The highest BCUT2D eigenvalue weighted by Crippen LogP contribution is 2.29. The Bertz CT molecular complexity index is 599. The van der Waals surface area contributed by atoms with E-state index in [0.29, 0.717) is 10.9 Å². The summed E-state index contributed by atoms with van der Waals surface area (Å²) >= 11 is 6.76. The van der Waals surface area contributed by atoms with Gasteiger partial charge in [0.2, 0.25) is 0 Å². The van der Waals surface area contributed by atoms with Gasteiger partial charge >= 0.3 is 0 Å². The van der Waals surface area contributed by atoms with E-state index in [-0.39, 0.29) is 5.82 Å². The lowest BCUT2D eigenvalue weighted by Gasteiger charge is -2.15. The molecule has 0 aliphatic carbocycles. The largest absolute Gasteiger partial charge is 0.388 e. The standard InChI is InChI=1S/C15H13Br2FO/c1-9-2-5-13(16)12(6-9)15(19)7-10-3-4-11(18)8-14(10)17/h2-6,8,15,19H,7H2,1H3. The third-order valence-corrected chi connectivity index (χ3v) is 4.40. The third kappa shape index (κ3) is 3.65. The quantitative estimate of drug-likeness (QED) is 0.791. The molecule has 4 heteroatoms. The van der Waals surface area contributed by atoms with Gasteiger partial charge in [-0.05, 0) is 36.2 Å². The monoisotopic (exact) mass is 386 g/mol. The fraction of sp³-hybridized carbons (Fsp3) is 0.200. The van der Waals surface area contributed by atoms with Crippen LogP contribution in [0, 0.1) is 12.7 Å². The van der Waals surface area contributed by atoms with Crippen LogP contribution in [0.1, 0.15) is 22.8 Å². The van der Waals surface area contributed by atoms with Gasteiger partial charge in [-0.2, -0.15) is 0 Å². The molecule has 2 aromatic carbocycles. The summed E-state index contributed by atoms with van der Waals surface area (Å²) in [6, 6.07) is 10.4. The van der Waals surface area contributed by atoms with Crippen molar-refractivity contribution >= 4 is 31.9 Å². The molecule has 1 N–H and O–H groups in total. The number of aryl methyl sites for hydroxylation is 1. The van der Waals surface area contributed by atoms with Gasteiger partial charge in [-0.3, -0.25) is 0 Å². The van der Waals surface area contributed by atoms with E-state index in [4.69, 9.17) is 0 Å². The average molecular weight is 388 g/mol. The lowest BCUT2D eigenvalue weighted by molar-refractivity contribution is 0.177. The first-order valence-electron chi connectivity index (χ1n) is 5.85. The van der Waals surface area contributed by atoms with Crippen molar-refractivity contribution in [3.63, 3.8) is 0 Å². The van der Waals surface area contributed by atoms with Crippen LogP contribution >= 0.6 is 31.9 Å². The SMILES string of the molecule is Cc1ccc(Br)c(C(O)Cc2ccc(F)cc2Br)c1. The molecule has 0 radical (unpaired) electrons. The Morgan fingerprint density at radius 1 is 1.11 bits per heavy atom. The van der Waals surface area contributed by atoms with E-state index in [1.165, 1.54) is 12.1 Å². The fourth-order valence-corrected chi connectivity index (χ4v) is 2.95. The third-order valence-electron chi connectivity index (χ3n) is 2.94. The molecule has 0 saturated heterocycles. The molecule has 0 saturated carbocycles. The molecule has 0 amide bonds. The van der Waals surface area contributed by atoms with Crippen molar-refractivity contribution in [2.24, 2.45) is 0 Å². The summed E-state index contributed by atoms with van der Waals surface area (Å²) < 4.78 is 14.6. The number of aliphatic hydroxyl groups excluding tert-OH is 1. The number of hydrogen-bond donors (Lipinski definition) is 1. The van der Waals surface area contributed by atoms with Crippen molar-refractivity contribution in [2.45, 2.75) is 19.4 Å². The first kappa shape index (κ1) is 14.7. The molecule has 0 aliphatic rings. The molecule has 100 valence electrons. The van der Waals surface area contributed by atoms with Crippen molar-refractivity contribution in [3.8, 4) is 0 Å². The van der Waals surface area contributed by atoms with Crippen LogP contribution in [0.4, 0.5) is 4.39 Å². The molecule has 1 unspecified atom stereocenters. The molecular weight excluding hydrogens is 375 g/mol. The fourth-order valence-electron chi connectivity index (χ4n) is 1.92. The number of hydrogen-bond acceptors (Lipinski definition) is 1. The highest BCUT2D eigenvalue weighted by Gasteiger charge is 2.14. The Hall–Kier alpha value is -0.710. The van der Waals surface area contributed by atoms with Crippen molar-refractivity contribution in [2.75, 3.05) is 0 Å². The molecule has 0 heterocycles. The van der Waals surface area contributed by atoms with Gasteiger partial charge in [-0.1, -0.05) is 55.6 Å². The van der Waals surface area contributed by atoms with Crippen LogP contribution in [0.3, 0.4) is 0 Å². The van der Waals surface area contributed by atoms with Crippen LogP contribution in [-0.2, 0) is 6.42 Å². The van der Waals surface area contributed by atoms with Crippen molar-refractivity contribution in [3.05, 3.63) is 67.9 Å². The Morgan fingerprint density at radius 3 is 2.53 bits per heavy atom. The van der Waals surface area contributed by atoms with Crippen molar-refractivity contribution in [1.82, 2.24) is 0 Å². The van der Waals surface area contributed by atoms with E-state index in [1.54, 1.807) is 6.07 Å². The van der Waals surface area contributed by atoms with E-state index >= 15 is 0 Å². The summed E-state index contributed by atoms with van der Waals surface area (Å²) in [5, 5.41) is 10.3. The second-order valence-electron chi connectivity index (χ2n) is 4.48. The van der Waals surface area contributed by atoms with Gasteiger partial charge in [-0.15, -0.1) is 0 Å². The maximum Gasteiger partial charge on any atom is 0.124 e. The summed E-state index contributed by atoms with van der Waals surface area (Å²) in [6.07, 6.45) is -0.195. The molecule has 0 spiro atoms. The molecule has 2 rings (SSSR count). The van der Waals surface area contributed by atoms with Crippen LogP contribution in [0.2, 0.25) is 0 Å². The Morgan fingerprint density at radius 2 is 1.84 bits per heavy atom. The highest BCUT2D eigenvalue weighted by atomic mass is 79.9. The zero-order valence-electron chi connectivity index (χ0n) is 10.3. The Labute approximate surface area is 128 Å². The van der Waals surface area contributed by atoms with E-state index in [2.05, 4.69) is 31.9 Å². The number of rotatable bonds is 3. The van der Waals surface area contributed by atoms with Gasteiger partial charge in [0.25, 0.3) is 0 Å². The van der Waals surface area contributed by atoms with Crippen LogP contribution in [0.15, 0.2) is 45.3 Å². The summed E-state index contributed by atoms with van der Waals surface area (Å²) in [4.78, 5) is 0. The average Bonchev–Trinajstić information content (AvgIpc) is 2.35. The van der Waals surface area contributed by atoms with Crippen molar-refractivity contribution < 1.29 is 9.50 Å². The van der Waals surface area contributed by atoms with E-state index in [9.17, 15) is 9.50 Å². The van der Waals surface area contributed by atoms with E-state index < -0.39 is 6.10 Å². The van der Waals surface area contributed by atoms with E-state index in [0.717, 1.165) is 21.2 Å². The lowest BCUT2D eigenvalue weighted by Crippen LogP contribution is -2.04.